The van der Waals surface area contributed by atoms with Gasteiger partial charge in [-0.1, -0.05) is 91.0 Å². The largest absolute Gasteiger partial charge is 0.465 e. The molecule has 0 bridgehead atoms. The molecule has 0 saturated carbocycles. The van der Waals surface area contributed by atoms with Crippen molar-refractivity contribution in [3.05, 3.63) is 114 Å². The molecule has 0 aliphatic carbocycles. The molecule has 4 aromatic rings. The Bertz CT molecular complexity index is 1640. The van der Waals surface area contributed by atoms with Gasteiger partial charge in [0, 0.05) is 26.6 Å². The fourth-order valence-corrected chi connectivity index (χ4v) is 5.65. The van der Waals surface area contributed by atoms with E-state index in [2.05, 4.69) is 31.7 Å². The van der Waals surface area contributed by atoms with Crippen LogP contribution < -0.4 is 26.6 Å². The Kier molecular flexibility index (Phi) is 13.2. The number of anilines is 2. The predicted molar refractivity (Wildman–Crippen MR) is 195 cm³/mol. The molecule has 1 heterocycles. The Balaban J connectivity index is 1.60. The van der Waals surface area contributed by atoms with E-state index in [0.717, 1.165) is 16.7 Å². The van der Waals surface area contributed by atoms with Crippen LogP contribution in [0.5, 0.6) is 0 Å². The van der Waals surface area contributed by atoms with Crippen molar-refractivity contribution in [3.8, 4) is 0 Å². The highest BCUT2D eigenvalue weighted by Crippen LogP contribution is 2.41. The van der Waals surface area contributed by atoms with Crippen LogP contribution in [0, 0.1) is 0 Å². The molecule has 4 rings (SSSR count). The third-order valence-corrected chi connectivity index (χ3v) is 7.99. The molecule has 51 heavy (non-hydrogen) atoms. The van der Waals surface area contributed by atoms with Crippen LogP contribution in [0.4, 0.5) is 21.1 Å². The standard InChI is InChI=1S/C38H47N7O6/c1-37(2,3)51-36(50)40-25-23-32(46)42-30(22-14-15-24-39-35(48)49)34(47)43-31-26-41-45(4)33(31)44-38(27-16-8-5-9-17-27,28-18-10-6-11-19-28)29-20-12-7-13-21-29/h5-13,16-21,26,30,39,44H,14-15,22-25H2,1-4H3,(H,40,50)(H,42,46)(H,43,47)(H,48,49)/t30-/m0/s1. The maximum absolute atomic E-state index is 13.9. The predicted octanol–water partition coefficient (Wildman–Crippen LogP) is 5.60. The number of benzene rings is 3. The molecule has 1 atom stereocenters. The van der Waals surface area contributed by atoms with Crippen molar-refractivity contribution in [1.29, 1.82) is 0 Å². The smallest absolute Gasteiger partial charge is 0.407 e. The molecule has 0 aliphatic rings. The fourth-order valence-electron chi connectivity index (χ4n) is 5.65. The van der Waals surface area contributed by atoms with Crippen LogP contribution in [0.25, 0.3) is 0 Å². The van der Waals surface area contributed by atoms with Gasteiger partial charge >= 0.3 is 12.2 Å². The zero-order chi connectivity index (χ0) is 36.9. The number of aromatic nitrogens is 2. The average Bonchev–Trinajstić information content (AvgIpc) is 3.44. The monoisotopic (exact) mass is 697 g/mol. The van der Waals surface area contributed by atoms with Gasteiger partial charge in [-0.15, -0.1) is 0 Å². The summed E-state index contributed by atoms with van der Waals surface area (Å²) in [6, 6.07) is 29.1. The van der Waals surface area contributed by atoms with Crippen LogP contribution in [-0.2, 0) is 26.9 Å². The van der Waals surface area contributed by atoms with E-state index >= 15 is 0 Å². The van der Waals surface area contributed by atoms with E-state index in [4.69, 9.17) is 9.84 Å². The van der Waals surface area contributed by atoms with Crippen molar-refractivity contribution >= 4 is 35.5 Å². The van der Waals surface area contributed by atoms with Gasteiger partial charge in [0.05, 0.1) is 6.20 Å². The first-order valence-corrected chi connectivity index (χ1v) is 16.9. The SMILES string of the molecule is Cn1ncc(NC(=O)[C@H](CCCCNC(=O)O)NC(=O)CCNC(=O)OC(C)(C)C)c1NC(c1ccccc1)(c1ccccc1)c1ccccc1. The second-order valence-corrected chi connectivity index (χ2v) is 13.0. The summed E-state index contributed by atoms with van der Waals surface area (Å²) in [7, 11) is 1.77. The first-order chi connectivity index (χ1) is 24.4. The number of alkyl carbamates (subject to hydrolysis) is 1. The van der Waals surface area contributed by atoms with Gasteiger partial charge in [-0.3, -0.25) is 14.3 Å². The Hall–Kier alpha value is -5.85. The minimum atomic E-state index is -1.13. The highest BCUT2D eigenvalue weighted by Gasteiger charge is 2.38. The third-order valence-electron chi connectivity index (χ3n) is 7.99. The van der Waals surface area contributed by atoms with Crippen LogP contribution >= 0.6 is 0 Å². The number of rotatable bonds is 16. The molecule has 13 nitrogen and oxygen atoms in total. The van der Waals surface area contributed by atoms with Gasteiger partial charge in [0.15, 0.2) is 0 Å². The van der Waals surface area contributed by atoms with Gasteiger partial charge in [-0.2, -0.15) is 5.10 Å². The molecular formula is C38H47N7O6. The molecule has 1 aromatic heterocycles. The topological polar surface area (TPSA) is 176 Å². The number of nitrogens with zero attached hydrogens (tertiary/aromatic N) is 2. The van der Waals surface area contributed by atoms with E-state index < -0.39 is 41.2 Å². The molecule has 13 heteroatoms. The van der Waals surface area contributed by atoms with E-state index in [1.165, 1.54) is 0 Å². The summed E-state index contributed by atoms with van der Waals surface area (Å²) in [5.74, 6) is -0.400. The van der Waals surface area contributed by atoms with E-state index in [-0.39, 0.29) is 25.9 Å². The number of nitrogens with one attached hydrogen (secondary N) is 5. The van der Waals surface area contributed by atoms with Crippen LogP contribution in [0.15, 0.2) is 97.2 Å². The molecule has 0 aliphatic heterocycles. The summed E-state index contributed by atoms with van der Waals surface area (Å²) in [6.07, 6.45) is 0.826. The van der Waals surface area contributed by atoms with Crippen molar-refractivity contribution in [2.75, 3.05) is 23.7 Å². The van der Waals surface area contributed by atoms with Crippen molar-refractivity contribution in [3.63, 3.8) is 0 Å². The zero-order valence-corrected chi connectivity index (χ0v) is 29.4. The normalized spacial score (nSPS) is 11.9. The number of carbonyl (C=O) groups is 4. The third kappa shape index (κ3) is 10.8. The summed E-state index contributed by atoms with van der Waals surface area (Å²) in [4.78, 5) is 49.8. The lowest BCUT2D eigenvalue weighted by Gasteiger charge is -2.38. The maximum atomic E-state index is 13.9. The summed E-state index contributed by atoms with van der Waals surface area (Å²) in [5.41, 5.74) is 1.69. The summed E-state index contributed by atoms with van der Waals surface area (Å²) in [6.45, 7) is 5.43. The molecule has 0 radical (unpaired) electrons. The molecule has 0 saturated heterocycles. The van der Waals surface area contributed by atoms with Gasteiger partial charge in [0.1, 0.15) is 28.7 Å². The van der Waals surface area contributed by atoms with Crippen molar-refractivity contribution in [1.82, 2.24) is 25.7 Å². The number of ether oxygens (including phenoxy) is 1. The first kappa shape index (κ1) is 38.0. The molecule has 0 unspecified atom stereocenters. The van der Waals surface area contributed by atoms with E-state index in [0.29, 0.717) is 24.3 Å². The highest BCUT2D eigenvalue weighted by atomic mass is 16.6. The van der Waals surface area contributed by atoms with Gasteiger partial charge in [-0.25, -0.2) is 9.59 Å². The van der Waals surface area contributed by atoms with Gasteiger partial charge in [0.25, 0.3) is 0 Å². The molecule has 4 amide bonds. The van der Waals surface area contributed by atoms with Gasteiger partial charge in [0.2, 0.25) is 11.8 Å². The minimum Gasteiger partial charge on any atom is -0.465 e. The molecule has 6 N–H and O–H groups in total. The van der Waals surface area contributed by atoms with E-state index in [9.17, 15) is 19.2 Å². The Labute approximate surface area is 298 Å². The average molecular weight is 698 g/mol. The van der Waals surface area contributed by atoms with Crippen LogP contribution in [-0.4, -0.2) is 63.6 Å². The second kappa shape index (κ2) is 17.7. The van der Waals surface area contributed by atoms with Gasteiger partial charge < -0.3 is 36.4 Å². The summed E-state index contributed by atoms with van der Waals surface area (Å²) >= 11 is 0. The lowest BCUT2D eigenvalue weighted by atomic mass is 9.77. The first-order valence-electron chi connectivity index (χ1n) is 16.9. The number of amides is 4. The second-order valence-electron chi connectivity index (χ2n) is 13.0. The highest BCUT2D eigenvalue weighted by molar-refractivity contribution is 5.99. The quantitative estimate of drug-likeness (QED) is 0.0648. The fraction of sp³-hybridized carbons (Fsp3) is 0.342. The minimum absolute atomic E-state index is 0.00876. The number of unbranched alkanes of at least 4 members (excludes halogenated alkanes) is 1. The van der Waals surface area contributed by atoms with E-state index in [1.54, 1.807) is 38.7 Å². The molecular weight excluding hydrogens is 650 g/mol. The van der Waals surface area contributed by atoms with Crippen molar-refractivity contribution < 1.29 is 29.0 Å². The molecule has 3 aromatic carbocycles. The Morgan fingerprint density at radius 3 is 1.86 bits per heavy atom. The van der Waals surface area contributed by atoms with Crippen LogP contribution in [0.1, 0.15) is 63.1 Å². The molecule has 0 spiro atoms. The number of carboxylic acid groups (broad SMARTS) is 1. The number of hydrogen-bond acceptors (Lipinski definition) is 7. The van der Waals surface area contributed by atoms with Crippen molar-refractivity contribution in [2.24, 2.45) is 7.05 Å². The Morgan fingerprint density at radius 1 is 0.804 bits per heavy atom. The number of aryl methyl sites for hydroxylation is 1. The van der Waals surface area contributed by atoms with Crippen LogP contribution in [0.2, 0.25) is 0 Å². The molecule has 270 valence electrons. The number of carbonyl (C=O) groups excluding carboxylic acids is 3. The lowest BCUT2D eigenvalue weighted by molar-refractivity contribution is -0.126. The van der Waals surface area contributed by atoms with E-state index in [1.807, 2.05) is 91.0 Å². The summed E-state index contributed by atoms with van der Waals surface area (Å²) in [5, 5.41) is 27.8. The molecule has 0 fully saturated rings. The summed E-state index contributed by atoms with van der Waals surface area (Å²) < 4.78 is 6.87. The van der Waals surface area contributed by atoms with Crippen molar-refractivity contribution in [2.45, 2.75) is 63.6 Å². The zero-order valence-electron chi connectivity index (χ0n) is 29.4. The maximum Gasteiger partial charge on any atom is 0.407 e. The Morgan fingerprint density at radius 2 is 1.35 bits per heavy atom. The number of hydrogen-bond donors (Lipinski definition) is 6. The van der Waals surface area contributed by atoms with Gasteiger partial charge in [-0.05, 0) is 56.7 Å². The van der Waals surface area contributed by atoms with Crippen LogP contribution in [0.3, 0.4) is 0 Å². The lowest BCUT2D eigenvalue weighted by Crippen LogP contribution is -2.45.